The smallest absolute Gasteiger partial charge is 0.273 e. The summed E-state index contributed by atoms with van der Waals surface area (Å²) < 4.78 is 7.18. The third-order valence-corrected chi connectivity index (χ3v) is 3.03. The zero-order valence-electron chi connectivity index (χ0n) is 12.5. The Balaban J connectivity index is 0.00000220. The van der Waals surface area contributed by atoms with Gasteiger partial charge in [0.15, 0.2) is 5.69 Å². The zero-order chi connectivity index (χ0) is 14.7. The summed E-state index contributed by atoms with van der Waals surface area (Å²) in [5.41, 5.74) is 1.06. The lowest BCUT2D eigenvalue weighted by Crippen LogP contribution is -2.37. The highest BCUT2D eigenvalue weighted by Crippen LogP contribution is 2.20. The molecule has 0 aliphatic carbocycles. The van der Waals surface area contributed by atoms with Gasteiger partial charge < -0.3 is 15.1 Å². The first-order valence-electron chi connectivity index (χ1n) is 6.43. The molecule has 2 rings (SSSR count). The molecular formula is C13H20ClN5O2. The molecular weight excluding hydrogens is 294 g/mol. The minimum Gasteiger partial charge on any atom is -0.440 e. The van der Waals surface area contributed by atoms with Crippen LogP contribution in [0.5, 0.6) is 0 Å². The van der Waals surface area contributed by atoms with E-state index in [0.717, 1.165) is 5.56 Å². The minimum atomic E-state index is -0.233. The summed E-state index contributed by atoms with van der Waals surface area (Å²) in [5, 5.41) is 9.92. The quantitative estimate of drug-likeness (QED) is 0.864. The van der Waals surface area contributed by atoms with Crippen LogP contribution < -0.4 is 10.6 Å². The van der Waals surface area contributed by atoms with Crippen LogP contribution in [0.3, 0.4) is 0 Å². The highest BCUT2D eigenvalue weighted by molar-refractivity contribution is 5.93. The molecule has 0 bridgehead atoms. The van der Waals surface area contributed by atoms with Gasteiger partial charge >= 0.3 is 0 Å². The fourth-order valence-electron chi connectivity index (χ4n) is 1.69. The van der Waals surface area contributed by atoms with Crippen LogP contribution in [0.4, 0.5) is 0 Å². The Bertz CT molecular complexity index is 607. The van der Waals surface area contributed by atoms with Crippen molar-refractivity contribution in [3.63, 3.8) is 0 Å². The summed E-state index contributed by atoms with van der Waals surface area (Å²) in [6, 6.07) is 0.198. The average Bonchev–Trinajstić information content (AvgIpc) is 3.01. The summed E-state index contributed by atoms with van der Waals surface area (Å²) in [5.74, 6) is 0.671. The predicted molar refractivity (Wildman–Crippen MR) is 81.5 cm³/mol. The molecule has 1 atom stereocenters. The molecule has 21 heavy (non-hydrogen) atoms. The van der Waals surface area contributed by atoms with Crippen LogP contribution in [0, 0.1) is 6.92 Å². The van der Waals surface area contributed by atoms with Gasteiger partial charge in [0.1, 0.15) is 5.76 Å². The molecule has 2 aromatic heterocycles. The molecule has 1 unspecified atom stereocenters. The van der Waals surface area contributed by atoms with Gasteiger partial charge in [-0.15, -0.1) is 12.4 Å². The predicted octanol–water partition coefficient (Wildman–Crippen LogP) is 1.14. The molecule has 8 heteroatoms. The molecule has 2 aromatic rings. The number of carbonyl (C=O) groups is 1. The normalized spacial score (nSPS) is 11.8. The second kappa shape index (κ2) is 7.24. The Morgan fingerprint density at radius 2 is 2.24 bits per heavy atom. The van der Waals surface area contributed by atoms with Crippen LogP contribution in [0.25, 0.3) is 11.5 Å². The molecule has 0 aromatic carbocycles. The molecule has 0 aliphatic rings. The molecule has 0 saturated carbocycles. The Morgan fingerprint density at radius 3 is 2.81 bits per heavy atom. The number of likely N-dealkylation sites (N-methyl/N-ethyl adjacent to an activating group) is 1. The largest absolute Gasteiger partial charge is 0.440 e. The molecule has 116 valence electrons. The molecule has 0 fully saturated rings. The summed E-state index contributed by atoms with van der Waals surface area (Å²) in [6.07, 6.45) is 3.44. The molecule has 2 heterocycles. The topological polar surface area (TPSA) is 85.0 Å². The summed E-state index contributed by atoms with van der Waals surface area (Å²) in [4.78, 5) is 16.3. The van der Waals surface area contributed by atoms with E-state index in [2.05, 4.69) is 20.7 Å². The fourth-order valence-corrected chi connectivity index (χ4v) is 1.69. The lowest BCUT2D eigenvalue weighted by Gasteiger charge is -2.10. The van der Waals surface area contributed by atoms with Crippen molar-refractivity contribution in [2.24, 2.45) is 7.05 Å². The van der Waals surface area contributed by atoms with Crippen molar-refractivity contribution in [3.05, 3.63) is 23.8 Å². The lowest BCUT2D eigenvalue weighted by molar-refractivity contribution is 0.0944. The summed E-state index contributed by atoms with van der Waals surface area (Å²) in [7, 11) is 3.66. The first kappa shape index (κ1) is 17.2. The lowest BCUT2D eigenvalue weighted by atomic mass is 10.3. The van der Waals surface area contributed by atoms with Crippen LogP contribution in [-0.2, 0) is 7.05 Å². The van der Waals surface area contributed by atoms with E-state index in [1.807, 2.05) is 21.0 Å². The molecule has 0 aliphatic heterocycles. The standard InChI is InChI=1S/C13H19N5O2.ClH/c1-8(14-3)5-15-12(19)11-9(2)20-13(17-11)10-6-16-18(4)7-10;/h6-8,14H,5H2,1-4H3,(H,15,19);1H. The second-order valence-electron chi connectivity index (χ2n) is 4.73. The van der Waals surface area contributed by atoms with Gasteiger partial charge in [0, 0.05) is 25.8 Å². The van der Waals surface area contributed by atoms with E-state index in [9.17, 15) is 4.79 Å². The SMILES string of the molecule is CNC(C)CNC(=O)c1nc(-c2cnn(C)c2)oc1C.Cl. The fraction of sp³-hybridized carbons (Fsp3) is 0.462. The maximum absolute atomic E-state index is 12.1. The maximum Gasteiger partial charge on any atom is 0.273 e. The van der Waals surface area contributed by atoms with Crippen LogP contribution in [-0.4, -0.2) is 40.3 Å². The number of oxazole rings is 1. The third kappa shape index (κ3) is 4.05. The Morgan fingerprint density at radius 1 is 1.52 bits per heavy atom. The Kier molecular flexibility index (Phi) is 5.92. The van der Waals surface area contributed by atoms with Gasteiger partial charge in [-0.25, -0.2) is 4.98 Å². The van der Waals surface area contributed by atoms with Crippen molar-refractivity contribution in [1.29, 1.82) is 0 Å². The van der Waals surface area contributed by atoms with Gasteiger partial charge in [0.2, 0.25) is 5.89 Å². The van der Waals surface area contributed by atoms with Gasteiger partial charge in [-0.2, -0.15) is 5.10 Å². The van der Waals surface area contributed by atoms with Gasteiger partial charge in [-0.05, 0) is 20.9 Å². The van der Waals surface area contributed by atoms with Crippen molar-refractivity contribution >= 4 is 18.3 Å². The molecule has 0 saturated heterocycles. The van der Waals surface area contributed by atoms with Crippen molar-refractivity contribution in [2.75, 3.05) is 13.6 Å². The van der Waals surface area contributed by atoms with Gasteiger partial charge in [0.05, 0.1) is 11.8 Å². The van der Waals surface area contributed by atoms with Gasteiger partial charge in [-0.1, -0.05) is 0 Å². The monoisotopic (exact) mass is 313 g/mol. The van der Waals surface area contributed by atoms with Gasteiger partial charge in [0.25, 0.3) is 5.91 Å². The van der Waals surface area contributed by atoms with Crippen molar-refractivity contribution < 1.29 is 9.21 Å². The summed E-state index contributed by atoms with van der Waals surface area (Å²) >= 11 is 0. The number of halogens is 1. The number of rotatable bonds is 5. The minimum absolute atomic E-state index is 0. The zero-order valence-corrected chi connectivity index (χ0v) is 13.3. The number of nitrogens with one attached hydrogen (secondary N) is 2. The van der Waals surface area contributed by atoms with E-state index in [4.69, 9.17) is 4.42 Å². The van der Waals surface area contributed by atoms with Crippen LogP contribution in [0.15, 0.2) is 16.8 Å². The third-order valence-electron chi connectivity index (χ3n) is 3.03. The Labute approximate surface area is 129 Å². The highest BCUT2D eigenvalue weighted by atomic mass is 35.5. The van der Waals surface area contributed by atoms with Crippen LogP contribution >= 0.6 is 12.4 Å². The highest BCUT2D eigenvalue weighted by Gasteiger charge is 2.18. The van der Waals surface area contributed by atoms with E-state index in [-0.39, 0.29) is 24.4 Å². The Hall–Kier alpha value is -1.86. The van der Waals surface area contributed by atoms with Crippen molar-refractivity contribution in [3.8, 4) is 11.5 Å². The molecule has 0 spiro atoms. The number of aryl methyl sites for hydroxylation is 2. The van der Waals surface area contributed by atoms with Crippen LogP contribution in [0.2, 0.25) is 0 Å². The molecule has 7 nitrogen and oxygen atoms in total. The first-order chi connectivity index (χ1) is 9.51. The number of hydrogen-bond acceptors (Lipinski definition) is 5. The number of aromatic nitrogens is 3. The first-order valence-corrected chi connectivity index (χ1v) is 6.43. The molecule has 1 amide bonds. The average molecular weight is 314 g/mol. The van der Waals surface area contributed by atoms with Crippen molar-refractivity contribution in [1.82, 2.24) is 25.4 Å². The van der Waals surface area contributed by atoms with Gasteiger partial charge in [-0.3, -0.25) is 9.48 Å². The van der Waals surface area contributed by atoms with E-state index < -0.39 is 0 Å². The second-order valence-corrected chi connectivity index (χ2v) is 4.73. The number of carbonyl (C=O) groups excluding carboxylic acids is 1. The van der Waals surface area contributed by atoms with Crippen molar-refractivity contribution in [2.45, 2.75) is 19.9 Å². The van der Waals surface area contributed by atoms with E-state index >= 15 is 0 Å². The van der Waals surface area contributed by atoms with E-state index in [0.29, 0.717) is 23.9 Å². The molecule has 0 radical (unpaired) electrons. The number of amides is 1. The van der Waals surface area contributed by atoms with Crippen LogP contribution in [0.1, 0.15) is 23.2 Å². The number of nitrogens with zero attached hydrogens (tertiary/aromatic N) is 3. The maximum atomic E-state index is 12.1. The number of hydrogen-bond donors (Lipinski definition) is 2. The van der Waals surface area contributed by atoms with E-state index in [1.165, 1.54) is 0 Å². The molecule has 2 N–H and O–H groups in total. The summed E-state index contributed by atoms with van der Waals surface area (Å²) in [6.45, 7) is 4.24. The van der Waals surface area contributed by atoms with E-state index in [1.54, 1.807) is 24.0 Å².